The summed E-state index contributed by atoms with van der Waals surface area (Å²) in [6.45, 7) is 3.55. The Kier molecular flexibility index (Phi) is 5.67. The number of carbonyl (C=O) groups excluding carboxylic acids is 2. The molecule has 1 aliphatic heterocycles. The van der Waals surface area contributed by atoms with Gasteiger partial charge in [-0.1, -0.05) is 24.3 Å². The lowest BCUT2D eigenvalue weighted by Crippen LogP contribution is -2.51. The molecule has 0 bridgehead atoms. The zero-order chi connectivity index (χ0) is 23.2. The van der Waals surface area contributed by atoms with Crippen molar-refractivity contribution in [1.29, 1.82) is 0 Å². The third-order valence-corrected chi connectivity index (χ3v) is 7.10. The van der Waals surface area contributed by atoms with E-state index >= 15 is 0 Å². The molecule has 4 rings (SSSR count). The Balaban J connectivity index is 1.71. The number of rotatable bonds is 4. The molecule has 1 amide bonds. The summed E-state index contributed by atoms with van der Waals surface area (Å²) < 4.78 is 54.8. The van der Waals surface area contributed by atoms with Gasteiger partial charge in [0, 0.05) is 16.0 Å². The normalized spacial score (nSPS) is 14.4. The summed E-state index contributed by atoms with van der Waals surface area (Å²) in [4.78, 5) is 25.7. The molecule has 0 unspecified atom stereocenters. The van der Waals surface area contributed by atoms with Gasteiger partial charge in [0.25, 0.3) is 5.91 Å². The summed E-state index contributed by atoms with van der Waals surface area (Å²) >= 11 is 1.05. The van der Waals surface area contributed by atoms with Crippen LogP contribution in [0.5, 0.6) is 0 Å². The van der Waals surface area contributed by atoms with E-state index in [1.807, 2.05) is 0 Å². The minimum absolute atomic E-state index is 0.0327. The van der Waals surface area contributed by atoms with Gasteiger partial charge in [0.1, 0.15) is 6.17 Å². The molecular weight excluding hydrogens is 442 g/mol. The second-order valence-electron chi connectivity index (χ2n) is 7.81. The first-order valence-electron chi connectivity index (χ1n) is 9.90. The van der Waals surface area contributed by atoms with Crippen LogP contribution in [0.4, 0.5) is 17.6 Å². The van der Waals surface area contributed by atoms with Crippen LogP contribution < -0.4 is 0 Å². The van der Waals surface area contributed by atoms with Gasteiger partial charge in [-0.2, -0.15) is 13.2 Å². The van der Waals surface area contributed by atoms with Crippen LogP contribution >= 0.6 is 11.3 Å². The largest absolute Gasteiger partial charge is 0.417 e. The van der Waals surface area contributed by atoms with Crippen molar-refractivity contribution in [3.05, 3.63) is 69.6 Å². The molecule has 2 aromatic carbocycles. The van der Waals surface area contributed by atoms with Crippen LogP contribution in [0.1, 0.15) is 36.7 Å². The first kappa shape index (κ1) is 22.2. The van der Waals surface area contributed by atoms with E-state index in [0.717, 1.165) is 17.4 Å². The second-order valence-corrected chi connectivity index (χ2v) is 8.86. The van der Waals surface area contributed by atoms with E-state index in [9.17, 15) is 27.2 Å². The number of halogens is 4. The summed E-state index contributed by atoms with van der Waals surface area (Å²) in [5, 5.41) is 0. The number of hydrogen-bond acceptors (Lipinski definition) is 3. The number of thiophene rings is 1. The number of amides is 1. The van der Waals surface area contributed by atoms with Crippen molar-refractivity contribution in [3.63, 3.8) is 0 Å². The Morgan fingerprint density at radius 2 is 1.66 bits per heavy atom. The van der Waals surface area contributed by atoms with Gasteiger partial charge in [-0.25, -0.2) is 4.39 Å². The minimum atomic E-state index is -4.59. The zero-order valence-electron chi connectivity index (χ0n) is 17.3. The second kappa shape index (κ2) is 8.16. The molecular formula is C24H19F4NO2S. The van der Waals surface area contributed by atoms with E-state index in [0.29, 0.717) is 43.9 Å². The van der Waals surface area contributed by atoms with Crippen LogP contribution in [0.15, 0.2) is 42.5 Å². The van der Waals surface area contributed by atoms with Crippen LogP contribution in [0.3, 0.4) is 0 Å². The van der Waals surface area contributed by atoms with E-state index in [1.54, 1.807) is 32.0 Å². The van der Waals surface area contributed by atoms with Crippen molar-refractivity contribution in [2.45, 2.75) is 26.2 Å². The maximum Gasteiger partial charge on any atom is 0.417 e. The molecule has 0 N–H and O–H groups in total. The first-order valence-corrected chi connectivity index (χ1v) is 10.7. The number of alkyl halides is 4. The van der Waals surface area contributed by atoms with E-state index < -0.39 is 17.9 Å². The average Bonchev–Trinajstić information content (AvgIpc) is 3.04. The van der Waals surface area contributed by atoms with Crippen LogP contribution in [0, 0.1) is 13.8 Å². The predicted molar refractivity (Wildman–Crippen MR) is 116 cm³/mol. The summed E-state index contributed by atoms with van der Waals surface area (Å²) in [6, 6.07) is 10.3. The lowest BCUT2D eigenvalue weighted by atomic mass is 9.95. The molecule has 3 aromatic rings. The van der Waals surface area contributed by atoms with Gasteiger partial charge in [-0.3, -0.25) is 9.59 Å². The van der Waals surface area contributed by atoms with Gasteiger partial charge in [0.05, 0.1) is 23.5 Å². The van der Waals surface area contributed by atoms with Gasteiger partial charge in [0.15, 0.2) is 6.29 Å². The fraction of sp³-hybridized carbons (Fsp3) is 0.250. The summed E-state index contributed by atoms with van der Waals surface area (Å²) in [6.07, 6.45) is -4.93. The predicted octanol–water partition coefficient (Wildman–Crippen LogP) is 6.32. The Morgan fingerprint density at radius 1 is 1.03 bits per heavy atom. The number of likely N-dealkylation sites (tertiary alicyclic amines) is 1. The lowest BCUT2D eigenvalue weighted by molar-refractivity contribution is -0.137. The molecule has 2 heterocycles. The first-order chi connectivity index (χ1) is 15.1. The number of aldehydes is 1. The lowest BCUT2D eigenvalue weighted by Gasteiger charge is -2.34. The van der Waals surface area contributed by atoms with Gasteiger partial charge < -0.3 is 4.90 Å². The number of hydrogen-bond donors (Lipinski definition) is 0. The van der Waals surface area contributed by atoms with Crippen LogP contribution in [0.2, 0.25) is 0 Å². The quantitative estimate of drug-likeness (QED) is 0.337. The van der Waals surface area contributed by atoms with E-state index in [4.69, 9.17) is 0 Å². The summed E-state index contributed by atoms with van der Waals surface area (Å²) in [5.74, 6) is -0.300. The highest BCUT2D eigenvalue weighted by Crippen LogP contribution is 2.44. The van der Waals surface area contributed by atoms with Crippen molar-refractivity contribution < 1.29 is 27.2 Å². The molecule has 1 aromatic heterocycles. The smallest absolute Gasteiger partial charge is 0.333 e. The number of carbonyl (C=O) groups is 2. The minimum Gasteiger partial charge on any atom is -0.333 e. The van der Waals surface area contributed by atoms with E-state index in [-0.39, 0.29) is 24.6 Å². The van der Waals surface area contributed by atoms with Crippen LogP contribution in [0.25, 0.3) is 21.6 Å². The van der Waals surface area contributed by atoms with Crippen molar-refractivity contribution in [2.24, 2.45) is 0 Å². The molecule has 0 atom stereocenters. The Labute approximate surface area is 186 Å². The highest BCUT2D eigenvalue weighted by atomic mass is 32.1. The maximum atomic E-state index is 13.9. The number of benzene rings is 2. The molecule has 1 saturated heterocycles. The molecule has 8 heteroatoms. The number of nitrogens with zero attached hydrogens (tertiary/aromatic N) is 1. The van der Waals surface area contributed by atoms with Crippen molar-refractivity contribution >= 4 is 23.5 Å². The summed E-state index contributed by atoms with van der Waals surface area (Å²) in [5.41, 5.74) is 1.82. The monoisotopic (exact) mass is 461 g/mol. The SMILES string of the molecule is Cc1c(C=O)sc(-c2ccc(-c3ccc(C(=O)N4CC(F)C4)cc3)cc2C(F)(F)F)c1C. The Hall–Kier alpha value is -3.00. The third kappa shape index (κ3) is 3.95. The zero-order valence-corrected chi connectivity index (χ0v) is 18.1. The average molecular weight is 461 g/mol. The van der Waals surface area contributed by atoms with Gasteiger partial charge in [-0.15, -0.1) is 11.3 Å². The van der Waals surface area contributed by atoms with Crippen molar-refractivity contribution in [3.8, 4) is 21.6 Å². The van der Waals surface area contributed by atoms with Gasteiger partial charge >= 0.3 is 6.18 Å². The molecule has 1 fully saturated rings. The molecule has 0 saturated carbocycles. The highest BCUT2D eigenvalue weighted by molar-refractivity contribution is 7.17. The fourth-order valence-electron chi connectivity index (χ4n) is 3.72. The molecule has 3 nitrogen and oxygen atoms in total. The molecule has 32 heavy (non-hydrogen) atoms. The van der Waals surface area contributed by atoms with Crippen molar-refractivity contribution in [1.82, 2.24) is 4.90 Å². The van der Waals surface area contributed by atoms with Gasteiger partial charge in [-0.05, 0) is 54.3 Å². The summed E-state index contributed by atoms with van der Waals surface area (Å²) in [7, 11) is 0. The molecule has 0 aliphatic carbocycles. The topological polar surface area (TPSA) is 37.4 Å². The third-order valence-electron chi connectivity index (χ3n) is 5.75. The molecule has 166 valence electrons. The van der Waals surface area contributed by atoms with E-state index in [2.05, 4.69) is 0 Å². The van der Waals surface area contributed by atoms with Gasteiger partial charge in [0.2, 0.25) is 0 Å². The molecule has 0 radical (unpaired) electrons. The highest BCUT2D eigenvalue weighted by Gasteiger charge is 2.35. The maximum absolute atomic E-state index is 13.9. The molecule has 1 aliphatic rings. The Morgan fingerprint density at radius 3 is 2.19 bits per heavy atom. The van der Waals surface area contributed by atoms with Crippen molar-refractivity contribution in [2.75, 3.05) is 13.1 Å². The molecule has 0 spiro atoms. The Bertz CT molecular complexity index is 1190. The fourth-order valence-corrected chi connectivity index (χ4v) is 4.89. The van der Waals surface area contributed by atoms with Crippen LogP contribution in [-0.2, 0) is 6.18 Å². The standard InChI is InChI=1S/C24H19F4NO2S/c1-13-14(2)22(32-21(13)12-30)19-8-7-17(9-20(19)24(26,27)28)15-3-5-16(6-4-15)23(31)29-10-18(25)11-29/h3-9,12,18H,10-11H2,1-2H3. The van der Waals surface area contributed by atoms with Crippen LogP contribution in [-0.4, -0.2) is 36.4 Å². The van der Waals surface area contributed by atoms with E-state index in [1.165, 1.54) is 23.1 Å².